The smallest absolute Gasteiger partial charge is 0.367 e. The van der Waals surface area contributed by atoms with Crippen molar-refractivity contribution in [2.75, 3.05) is 5.32 Å². The van der Waals surface area contributed by atoms with Crippen LogP contribution in [-0.4, -0.2) is 27.9 Å². The van der Waals surface area contributed by atoms with Gasteiger partial charge in [0, 0.05) is 18.7 Å². The highest BCUT2D eigenvalue weighted by atomic mass is 19.4. The van der Waals surface area contributed by atoms with E-state index >= 15 is 0 Å². The van der Waals surface area contributed by atoms with Crippen LogP contribution in [-0.2, 0) is 6.54 Å². The molecule has 1 aromatic heterocycles. The lowest BCUT2D eigenvalue weighted by Gasteiger charge is -2.33. The summed E-state index contributed by atoms with van der Waals surface area (Å²) < 4.78 is 54.2. The molecule has 1 saturated carbocycles. The predicted molar refractivity (Wildman–Crippen MR) is 89.6 cm³/mol. The number of hydrogen-bond acceptors (Lipinski definition) is 3. The molecule has 5 nitrogen and oxygen atoms in total. The summed E-state index contributed by atoms with van der Waals surface area (Å²) >= 11 is 0. The number of nitrogens with one attached hydrogen (secondary N) is 2. The Bertz CT molecular complexity index is 842. The third-order valence-electron chi connectivity index (χ3n) is 5.01. The third-order valence-corrected chi connectivity index (χ3v) is 5.01. The quantitative estimate of drug-likeness (QED) is 0.794. The highest BCUT2D eigenvalue weighted by Gasteiger charge is 2.49. The number of amides is 1. The van der Waals surface area contributed by atoms with Gasteiger partial charge in [-0.1, -0.05) is 12.1 Å². The van der Waals surface area contributed by atoms with Gasteiger partial charge in [-0.15, -0.1) is 0 Å². The lowest BCUT2D eigenvalue weighted by molar-refractivity contribution is -0.174. The molecule has 2 aliphatic rings. The van der Waals surface area contributed by atoms with E-state index in [2.05, 4.69) is 15.7 Å². The summed E-state index contributed by atoms with van der Waals surface area (Å²) in [6, 6.07) is 4.95. The van der Waals surface area contributed by atoms with E-state index < -0.39 is 18.1 Å². The molecule has 4 rings (SSSR count). The molecule has 2 heterocycles. The fourth-order valence-corrected chi connectivity index (χ4v) is 3.40. The van der Waals surface area contributed by atoms with Crippen molar-refractivity contribution in [2.45, 2.75) is 44.1 Å². The number of fused-ring (bicyclic) bond motifs is 1. The van der Waals surface area contributed by atoms with Crippen molar-refractivity contribution < 1.29 is 22.4 Å². The summed E-state index contributed by atoms with van der Waals surface area (Å²) in [7, 11) is 0. The zero-order chi connectivity index (χ0) is 19.2. The van der Waals surface area contributed by atoms with Crippen LogP contribution in [0.25, 0.3) is 0 Å². The van der Waals surface area contributed by atoms with Crippen LogP contribution < -0.4 is 10.6 Å². The molecule has 0 unspecified atom stereocenters. The molecule has 27 heavy (non-hydrogen) atoms. The third kappa shape index (κ3) is 3.77. The van der Waals surface area contributed by atoms with Crippen LogP contribution in [0.5, 0.6) is 0 Å². The fourth-order valence-electron chi connectivity index (χ4n) is 3.40. The first kappa shape index (κ1) is 17.8. The zero-order valence-electron chi connectivity index (χ0n) is 14.3. The number of rotatable bonds is 4. The lowest BCUT2D eigenvalue weighted by Crippen LogP contribution is -2.40. The second-order valence-electron chi connectivity index (χ2n) is 7.05. The van der Waals surface area contributed by atoms with Gasteiger partial charge in [-0.25, -0.2) is 9.07 Å². The van der Waals surface area contributed by atoms with Gasteiger partial charge in [-0.3, -0.25) is 4.79 Å². The van der Waals surface area contributed by atoms with Crippen LogP contribution in [0.4, 0.5) is 23.4 Å². The summed E-state index contributed by atoms with van der Waals surface area (Å²) in [6.45, 7) is 0.127. The molecule has 1 fully saturated rings. The Labute approximate surface area is 152 Å². The SMILES string of the molecule is O=C(NCc1ccc(F)cc1)c1cc2n(n1)[C@H](C(F)(F)F)C[C@H](C1CC1)N2. The van der Waals surface area contributed by atoms with Gasteiger partial charge >= 0.3 is 6.18 Å². The second kappa shape index (κ2) is 6.54. The van der Waals surface area contributed by atoms with Gasteiger partial charge in [-0.05, 0) is 42.9 Å². The fraction of sp³-hybridized carbons (Fsp3) is 0.444. The molecule has 0 saturated heterocycles. The first-order chi connectivity index (χ1) is 12.8. The van der Waals surface area contributed by atoms with E-state index in [1.807, 2.05) is 0 Å². The molecular formula is C18H18F4N4O. The molecule has 0 bridgehead atoms. The molecule has 1 amide bonds. The summed E-state index contributed by atoms with van der Waals surface area (Å²) in [4.78, 5) is 12.3. The Morgan fingerprint density at radius 1 is 1.26 bits per heavy atom. The van der Waals surface area contributed by atoms with E-state index in [-0.39, 0.29) is 42.3 Å². The maximum Gasteiger partial charge on any atom is 0.410 e. The molecular weight excluding hydrogens is 364 g/mol. The first-order valence-electron chi connectivity index (χ1n) is 8.76. The number of hydrogen-bond donors (Lipinski definition) is 2. The Kier molecular flexibility index (Phi) is 4.32. The van der Waals surface area contributed by atoms with Crippen LogP contribution in [0.15, 0.2) is 30.3 Å². The van der Waals surface area contributed by atoms with Crippen molar-refractivity contribution >= 4 is 11.7 Å². The molecule has 1 aromatic carbocycles. The maximum absolute atomic E-state index is 13.5. The van der Waals surface area contributed by atoms with E-state index in [0.717, 1.165) is 17.5 Å². The number of carbonyl (C=O) groups is 1. The number of carbonyl (C=O) groups excluding carboxylic acids is 1. The highest BCUT2D eigenvalue weighted by Crippen LogP contribution is 2.45. The van der Waals surface area contributed by atoms with Crippen molar-refractivity contribution in [1.82, 2.24) is 15.1 Å². The second-order valence-corrected chi connectivity index (χ2v) is 7.05. The number of anilines is 1. The minimum absolute atomic E-state index is 0.0784. The summed E-state index contributed by atoms with van der Waals surface area (Å²) in [6.07, 6.45) is -2.68. The predicted octanol–water partition coefficient (Wildman–Crippen LogP) is 3.65. The standard InChI is InChI=1S/C18H18F4N4O/c19-12-5-1-10(2-6-12)9-23-17(27)14-8-16-24-13(11-3-4-11)7-15(18(20,21)22)26(16)25-14/h1-2,5-6,8,11,13,15,24H,3-4,7,9H2,(H,23,27)/t13-,15+/m1/s1. The molecule has 0 spiro atoms. The van der Waals surface area contributed by atoms with Crippen LogP contribution in [0.1, 0.15) is 41.4 Å². The summed E-state index contributed by atoms with van der Waals surface area (Å²) in [5, 5.41) is 9.59. The van der Waals surface area contributed by atoms with Gasteiger partial charge in [0.25, 0.3) is 5.91 Å². The molecule has 2 atom stereocenters. The van der Waals surface area contributed by atoms with Gasteiger partial charge in [0.1, 0.15) is 11.6 Å². The molecule has 9 heteroatoms. The van der Waals surface area contributed by atoms with Crippen LogP contribution in [0.3, 0.4) is 0 Å². The molecule has 144 valence electrons. The first-order valence-corrected chi connectivity index (χ1v) is 8.76. The largest absolute Gasteiger partial charge is 0.410 e. The zero-order valence-corrected chi connectivity index (χ0v) is 14.3. The number of aromatic nitrogens is 2. The topological polar surface area (TPSA) is 59.0 Å². The maximum atomic E-state index is 13.5. The van der Waals surface area contributed by atoms with Crippen molar-refractivity contribution in [1.29, 1.82) is 0 Å². The van der Waals surface area contributed by atoms with Gasteiger partial charge in [0.15, 0.2) is 11.7 Å². The van der Waals surface area contributed by atoms with E-state index in [0.29, 0.717) is 5.56 Å². The highest BCUT2D eigenvalue weighted by molar-refractivity contribution is 5.93. The minimum Gasteiger partial charge on any atom is -0.367 e. The van der Waals surface area contributed by atoms with Crippen LogP contribution >= 0.6 is 0 Å². The summed E-state index contributed by atoms with van der Waals surface area (Å²) in [5.41, 5.74) is 0.596. The van der Waals surface area contributed by atoms with E-state index in [1.54, 1.807) is 0 Å². The van der Waals surface area contributed by atoms with Gasteiger partial charge in [0.2, 0.25) is 0 Å². The van der Waals surface area contributed by atoms with Crippen molar-refractivity contribution in [3.63, 3.8) is 0 Å². The number of benzene rings is 1. The molecule has 1 aliphatic carbocycles. The minimum atomic E-state index is -4.43. The Balaban J connectivity index is 1.51. The molecule has 1 aliphatic heterocycles. The molecule has 0 radical (unpaired) electrons. The molecule has 2 aromatic rings. The number of nitrogens with zero attached hydrogens (tertiary/aromatic N) is 2. The molecule has 2 N–H and O–H groups in total. The Morgan fingerprint density at radius 2 is 1.96 bits per heavy atom. The normalized spacial score (nSPS) is 22.1. The van der Waals surface area contributed by atoms with Crippen molar-refractivity contribution in [3.8, 4) is 0 Å². The van der Waals surface area contributed by atoms with Crippen LogP contribution in [0.2, 0.25) is 0 Å². The average Bonchev–Trinajstić information content (AvgIpc) is 3.38. The monoisotopic (exact) mass is 382 g/mol. The van der Waals surface area contributed by atoms with E-state index in [4.69, 9.17) is 0 Å². The average molecular weight is 382 g/mol. The Morgan fingerprint density at radius 3 is 2.59 bits per heavy atom. The lowest BCUT2D eigenvalue weighted by atomic mass is 10.0. The van der Waals surface area contributed by atoms with Gasteiger partial charge < -0.3 is 10.6 Å². The van der Waals surface area contributed by atoms with Crippen molar-refractivity contribution in [3.05, 3.63) is 47.4 Å². The van der Waals surface area contributed by atoms with Crippen LogP contribution in [0, 0.1) is 11.7 Å². The number of halogens is 4. The van der Waals surface area contributed by atoms with E-state index in [9.17, 15) is 22.4 Å². The van der Waals surface area contributed by atoms with Gasteiger partial charge in [0.05, 0.1) is 0 Å². The van der Waals surface area contributed by atoms with Gasteiger partial charge in [-0.2, -0.15) is 18.3 Å². The Hall–Kier alpha value is -2.58. The summed E-state index contributed by atoms with van der Waals surface area (Å²) in [5.74, 6) is -0.505. The van der Waals surface area contributed by atoms with E-state index in [1.165, 1.54) is 30.3 Å². The van der Waals surface area contributed by atoms with Crippen molar-refractivity contribution in [2.24, 2.45) is 5.92 Å². The number of alkyl halides is 3.